The molecule has 2 unspecified atom stereocenters. The van der Waals surface area contributed by atoms with E-state index in [0.717, 1.165) is 37.1 Å². The smallest absolute Gasteiger partial charge is 0.253 e. The molecule has 5 rings (SSSR count). The van der Waals surface area contributed by atoms with Gasteiger partial charge in [0.05, 0.1) is 5.54 Å². The van der Waals surface area contributed by atoms with Crippen LogP contribution in [0.1, 0.15) is 47.2 Å². The molecule has 2 heterocycles. The zero-order valence-corrected chi connectivity index (χ0v) is 20.3. The third-order valence-corrected chi connectivity index (χ3v) is 7.69. The number of benzene rings is 3. The van der Waals surface area contributed by atoms with Gasteiger partial charge >= 0.3 is 0 Å². The van der Waals surface area contributed by atoms with Gasteiger partial charge in [-0.15, -0.1) is 0 Å². The largest absolute Gasteiger partial charge is 0.375 e. The van der Waals surface area contributed by atoms with Crippen molar-refractivity contribution in [2.45, 2.75) is 49.7 Å². The van der Waals surface area contributed by atoms with Gasteiger partial charge in [0.15, 0.2) is 0 Å². The summed E-state index contributed by atoms with van der Waals surface area (Å²) in [5, 5.41) is 3.95. The zero-order chi connectivity index (χ0) is 23.5. The molecule has 1 N–H and O–H groups in total. The molecule has 176 valence electrons. The van der Waals surface area contributed by atoms with Crippen molar-refractivity contribution < 1.29 is 4.79 Å². The van der Waals surface area contributed by atoms with E-state index in [1.165, 1.54) is 24.0 Å². The molecule has 2 aliphatic heterocycles. The fourth-order valence-corrected chi connectivity index (χ4v) is 6.01. The summed E-state index contributed by atoms with van der Waals surface area (Å²) in [5.41, 5.74) is 4.50. The first kappa shape index (κ1) is 22.7. The first-order valence-electron chi connectivity index (χ1n) is 12.5. The van der Waals surface area contributed by atoms with Crippen LogP contribution in [0.25, 0.3) is 0 Å². The molecular weight excluding hydrogens is 418 g/mol. The number of nitrogens with zero attached hydrogens (tertiary/aromatic N) is 2. The predicted molar refractivity (Wildman–Crippen MR) is 139 cm³/mol. The maximum atomic E-state index is 12.3. The Balaban J connectivity index is 1.37. The van der Waals surface area contributed by atoms with Gasteiger partial charge in [0.2, 0.25) is 0 Å². The van der Waals surface area contributed by atoms with Crippen LogP contribution in [-0.4, -0.2) is 48.4 Å². The number of nitrogens with one attached hydrogen (secondary N) is 1. The van der Waals surface area contributed by atoms with E-state index in [1.54, 1.807) is 19.0 Å². The first-order chi connectivity index (χ1) is 16.5. The number of carbonyl (C=O) groups is 1. The molecule has 4 heteroatoms. The van der Waals surface area contributed by atoms with E-state index in [2.05, 4.69) is 83.0 Å². The molecule has 4 nitrogen and oxygen atoms in total. The third-order valence-electron chi connectivity index (χ3n) is 7.69. The van der Waals surface area contributed by atoms with Crippen LogP contribution in [0, 0.1) is 0 Å². The SMILES string of the molecule is CN(C)C(=O)c1ccc(NC2(c3ccccc3)CC3CCC(C2)N3CCc2ccccc2)cc1. The van der Waals surface area contributed by atoms with Crippen LogP contribution in [0.15, 0.2) is 84.9 Å². The number of fused-ring (bicyclic) bond motifs is 2. The minimum absolute atomic E-state index is 0.0362. The van der Waals surface area contributed by atoms with E-state index < -0.39 is 0 Å². The Hall–Kier alpha value is -3.11. The molecule has 3 aromatic rings. The number of hydrogen-bond donors (Lipinski definition) is 1. The van der Waals surface area contributed by atoms with E-state index in [-0.39, 0.29) is 11.4 Å². The summed E-state index contributed by atoms with van der Waals surface area (Å²) in [6.07, 6.45) is 5.85. The molecule has 0 radical (unpaired) electrons. The molecule has 0 aliphatic carbocycles. The highest BCUT2D eigenvalue weighted by Gasteiger charge is 2.48. The highest BCUT2D eigenvalue weighted by Crippen LogP contribution is 2.47. The summed E-state index contributed by atoms with van der Waals surface area (Å²) in [6.45, 7) is 1.13. The number of rotatable bonds is 7. The lowest BCUT2D eigenvalue weighted by Crippen LogP contribution is -2.53. The van der Waals surface area contributed by atoms with Crippen LogP contribution in [-0.2, 0) is 12.0 Å². The number of amides is 1. The molecule has 2 atom stereocenters. The number of anilines is 1. The molecule has 2 bridgehead atoms. The average Bonchev–Trinajstić information content (AvgIpc) is 3.12. The second-order valence-electron chi connectivity index (χ2n) is 10.1. The van der Waals surface area contributed by atoms with Gasteiger partial charge in [-0.2, -0.15) is 0 Å². The fraction of sp³-hybridized carbons (Fsp3) is 0.367. The van der Waals surface area contributed by atoms with Gasteiger partial charge < -0.3 is 10.2 Å². The van der Waals surface area contributed by atoms with Gasteiger partial charge in [0.1, 0.15) is 0 Å². The molecule has 0 saturated carbocycles. The molecule has 2 aliphatic rings. The molecule has 2 fully saturated rings. The lowest BCUT2D eigenvalue weighted by Gasteiger charge is -2.48. The Kier molecular flexibility index (Phi) is 6.42. The highest BCUT2D eigenvalue weighted by molar-refractivity contribution is 5.94. The van der Waals surface area contributed by atoms with Gasteiger partial charge in [-0.1, -0.05) is 60.7 Å². The summed E-state index contributed by atoms with van der Waals surface area (Å²) in [5.74, 6) is 0.0362. The van der Waals surface area contributed by atoms with Crippen LogP contribution < -0.4 is 5.32 Å². The topological polar surface area (TPSA) is 35.6 Å². The molecular formula is C30H35N3O. The van der Waals surface area contributed by atoms with Gasteiger partial charge in [-0.3, -0.25) is 9.69 Å². The molecule has 34 heavy (non-hydrogen) atoms. The van der Waals surface area contributed by atoms with Crippen LogP contribution in [0.4, 0.5) is 5.69 Å². The van der Waals surface area contributed by atoms with Gasteiger partial charge in [-0.05, 0) is 67.5 Å². The van der Waals surface area contributed by atoms with E-state index in [0.29, 0.717) is 12.1 Å². The van der Waals surface area contributed by atoms with Crippen molar-refractivity contribution >= 4 is 11.6 Å². The predicted octanol–water partition coefficient (Wildman–Crippen LogP) is 5.57. The van der Waals surface area contributed by atoms with Crippen molar-refractivity contribution in [1.82, 2.24) is 9.80 Å². The Morgan fingerprint density at radius 1 is 0.882 bits per heavy atom. The van der Waals surface area contributed by atoms with E-state index in [1.807, 2.05) is 12.1 Å². The maximum Gasteiger partial charge on any atom is 0.253 e. The normalized spacial score (nSPS) is 24.1. The Labute approximate surface area is 203 Å². The summed E-state index contributed by atoms with van der Waals surface area (Å²) in [4.78, 5) is 16.7. The van der Waals surface area contributed by atoms with Crippen molar-refractivity contribution in [2.75, 3.05) is 26.0 Å². The maximum absolute atomic E-state index is 12.3. The number of carbonyl (C=O) groups excluding carboxylic acids is 1. The summed E-state index contributed by atoms with van der Waals surface area (Å²) in [6, 6.07) is 31.0. The summed E-state index contributed by atoms with van der Waals surface area (Å²) >= 11 is 0. The summed E-state index contributed by atoms with van der Waals surface area (Å²) < 4.78 is 0. The second-order valence-corrected chi connectivity index (χ2v) is 10.1. The standard InChI is InChI=1S/C30H35N3O/c1-32(2)29(34)24-13-15-26(16-14-24)31-30(25-11-7-4-8-12-25)21-27-17-18-28(22-30)33(27)20-19-23-9-5-3-6-10-23/h3-16,27-28,31H,17-22H2,1-2H3. The van der Waals surface area contributed by atoms with Crippen LogP contribution in [0.5, 0.6) is 0 Å². The molecule has 3 aromatic carbocycles. The van der Waals surface area contributed by atoms with Crippen molar-refractivity contribution in [2.24, 2.45) is 0 Å². The molecule has 1 amide bonds. The fourth-order valence-electron chi connectivity index (χ4n) is 6.01. The van der Waals surface area contributed by atoms with E-state index in [9.17, 15) is 4.79 Å². The average molecular weight is 454 g/mol. The summed E-state index contributed by atoms with van der Waals surface area (Å²) in [7, 11) is 3.58. The third kappa shape index (κ3) is 4.60. The second kappa shape index (κ2) is 9.63. The Morgan fingerprint density at radius 2 is 1.47 bits per heavy atom. The number of hydrogen-bond acceptors (Lipinski definition) is 3. The minimum atomic E-state index is -0.0938. The lowest BCUT2D eigenvalue weighted by atomic mass is 9.77. The highest BCUT2D eigenvalue weighted by atomic mass is 16.2. The Morgan fingerprint density at radius 3 is 2.06 bits per heavy atom. The van der Waals surface area contributed by atoms with Gasteiger partial charge in [0, 0.05) is 44.0 Å². The van der Waals surface area contributed by atoms with Crippen molar-refractivity contribution in [3.63, 3.8) is 0 Å². The molecule has 0 spiro atoms. The zero-order valence-electron chi connectivity index (χ0n) is 20.3. The van der Waals surface area contributed by atoms with Crippen LogP contribution in [0.2, 0.25) is 0 Å². The van der Waals surface area contributed by atoms with E-state index >= 15 is 0 Å². The number of piperidine rings is 1. The van der Waals surface area contributed by atoms with E-state index in [4.69, 9.17) is 0 Å². The van der Waals surface area contributed by atoms with Crippen molar-refractivity contribution in [1.29, 1.82) is 0 Å². The van der Waals surface area contributed by atoms with Crippen molar-refractivity contribution in [3.05, 3.63) is 102 Å². The minimum Gasteiger partial charge on any atom is -0.375 e. The van der Waals surface area contributed by atoms with Gasteiger partial charge in [-0.25, -0.2) is 0 Å². The molecule has 0 aromatic heterocycles. The Bertz CT molecular complexity index is 1080. The van der Waals surface area contributed by atoms with Gasteiger partial charge in [0.25, 0.3) is 5.91 Å². The first-order valence-corrected chi connectivity index (χ1v) is 12.5. The quantitative estimate of drug-likeness (QED) is 0.508. The van der Waals surface area contributed by atoms with Crippen LogP contribution >= 0.6 is 0 Å². The monoisotopic (exact) mass is 453 g/mol. The lowest BCUT2D eigenvalue weighted by molar-refractivity contribution is 0.0827. The molecule has 2 saturated heterocycles. The van der Waals surface area contributed by atoms with Crippen LogP contribution in [0.3, 0.4) is 0 Å². The van der Waals surface area contributed by atoms with Crippen molar-refractivity contribution in [3.8, 4) is 0 Å².